The van der Waals surface area contributed by atoms with Gasteiger partial charge in [0.2, 0.25) is 0 Å². The van der Waals surface area contributed by atoms with Crippen LogP contribution in [0.15, 0.2) is 68.8 Å². The highest BCUT2D eigenvalue weighted by Gasteiger charge is 2.17. The first-order valence-corrected chi connectivity index (χ1v) is 8.38. The van der Waals surface area contributed by atoms with Crippen molar-refractivity contribution >= 4 is 44.9 Å². The highest BCUT2D eigenvalue weighted by Crippen LogP contribution is 2.23. The third-order valence-corrected chi connectivity index (χ3v) is 3.93. The number of rotatable bonds is 4. The van der Waals surface area contributed by atoms with Crippen molar-refractivity contribution in [3.63, 3.8) is 0 Å². The summed E-state index contributed by atoms with van der Waals surface area (Å²) in [5, 5.41) is 18.3. The summed E-state index contributed by atoms with van der Waals surface area (Å²) in [6.45, 7) is 0. The van der Waals surface area contributed by atoms with Crippen LogP contribution in [0, 0.1) is 5.82 Å². The number of halogens is 2. The molecular weight excluding hydrogens is 421 g/mol. The van der Waals surface area contributed by atoms with Gasteiger partial charge in [0.15, 0.2) is 11.5 Å². The van der Waals surface area contributed by atoms with Crippen molar-refractivity contribution in [2.75, 3.05) is 10.6 Å². The fourth-order valence-electron chi connectivity index (χ4n) is 2.12. The Hall–Kier alpha value is -3.24. The summed E-state index contributed by atoms with van der Waals surface area (Å²) in [7, 11) is 0. The minimum absolute atomic E-state index is 0.0566. The van der Waals surface area contributed by atoms with Crippen LogP contribution in [0.4, 0.5) is 26.2 Å². The Bertz CT molecular complexity index is 978. The summed E-state index contributed by atoms with van der Waals surface area (Å²) in [5.41, 5.74) is 3.06. The molecule has 27 heavy (non-hydrogen) atoms. The largest absolute Gasteiger partial charge is 0.362 e. The molecule has 8 nitrogen and oxygen atoms in total. The van der Waals surface area contributed by atoms with E-state index in [9.17, 15) is 14.4 Å². The third kappa shape index (κ3) is 4.68. The number of hydroxylamine groups is 1. The van der Waals surface area contributed by atoms with E-state index < -0.39 is 11.8 Å². The van der Waals surface area contributed by atoms with Gasteiger partial charge in [-0.2, -0.15) is 0 Å². The molecule has 0 bridgehead atoms. The molecule has 1 aromatic heterocycles. The zero-order chi connectivity index (χ0) is 19.2. The van der Waals surface area contributed by atoms with Gasteiger partial charge in [0, 0.05) is 5.69 Å². The average Bonchev–Trinajstić information content (AvgIpc) is 3.11. The maximum Gasteiger partial charge on any atom is 0.323 e. The van der Waals surface area contributed by atoms with Crippen LogP contribution >= 0.6 is 15.9 Å². The lowest BCUT2D eigenvalue weighted by atomic mass is 10.3. The fourth-order valence-corrected chi connectivity index (χ4v) is 2.48. The molecule has 3 rings (SSSR count). The standard InChI is InChI=1S/C17H13BrFN5O3/c18-12-8-11(6-7-13(12)19)20-16(23-26)15-14(9-27-24-15)22-17(25)21-10-4-2-1-3-5-10/h1-9,26H,(H,20,23)(H2,21,22,25). The lowest BCUT2D eigenvalue weighted by molar-refractivity contribution is 0.234. The molecule has 0 aliphatic carbocycles. The van der Waals surface area contributed by atoms with Crippen LogP contribution in [-0.2, 0) is 0 Å². The number of anilines is 2. The van der Waals surface area contributed by atoms with E-state index in [0.717, 1.165) is 0 Å². The summed E-state index contributed by atoms with van der Waals surface area (Å²) < 4.78 is 18.4. The number of urea groups is 1. The Balaban J connectivity index is 1.80. The Morgan fingerprint density at radius 1 is 1.19 bits per heavy atom. The second-order valence-corrected chi connectivity index (χ2v) is 6.05. The van der Waals surface area contributed by atoms with E-state index in [1.807, 2.05) is 11.5 Å². The zero-order valence-electron chi connectivity index (χ0n) is 13.6. The second-order valence-electron chi connectivity index (χ2n) is 5.19. The number of nitrogens with one attached hydrogen (secondary N) is 3. The summed E-state index contributed by atoms with van der Waals surface area (Å²) in [4.78, 5) is 16.3. The van der Waals surface area contributed by atoms with Crippen molar-refractivity contribution in [3.05, 3.63) is 70.8 Å². The Labute approximate surface area is 161 Å². The van der Waals surface area contributed by atoms with Crippen LogP contribution in [-0.4, -0.2) is 22.2 Å². The van der Waals surface area contributed by atoms with Crippen molar-refractivity contribution in [2.45, 2.75) is 0 Å². The number of amidine groups is 1. The Kier molecular flexibility index (Phi) is 5.79. The average molecular weight is 434 g/mol. The summed E-state index contributed by atoms with van der Waals surface area (Å²) >= 11 is 3.06. The van der Waals surface area contributed by atoms with E-state index >= 15 is 0 Å². The molecule has 0 saturated heterocycles. The molecule has 1 heterocycles. The Morgan fingerprint density at radius 2 is 1.96 bits per heavy atom. The van der Waals surface area contributed by atoms with Gasteiger partial charge in [-0.05, 0) is 46.3 Å². The first-order valence-electron chi connectivity index (χ1n) is 7.58. The molecule has 0 fully saturated rings. The molecule has 0 atom stereocenters. The number of hydrogen-bond donors (Lipinski definition) is 4. The van der Waals surface area contributed by atoms with Gasteiger partial charge < -0.3 is 15.2 Å². The van der Waals surface area contributed by atoms with E-state index in [2.05, 4.69) is 36.7 Å². The lowest BCUT2D eigenvalue weighted by Crippen LogP contribution is -2.24. The van der Waals surface area contributed by atoms with E-state index in [4.69, 9.17) is 4.52 Å². The van der Waals surface area contributed by atoms with Crippen LogP contribution in [0.2, 0.25) is 0 Å². The molecule has 0 spiro atoms. The maximum atomic E-state index is 13.3. The molecule has 0 radical (unpaired) electrons. The van der Waals surface area contributed by atoms with Crippen LogP contribution in [0.1, 0.15) is 5.69 Å². The molecule has 0 unspecified atom stereocenters. The van der Waals surface area contributed by atoms with Crippen molar-refractivity contribution in [1.29, 1.82) is 0 Å². The van der Waals surface area contributed by atoms with Gasteiger partial charge in [0.05, 0.1) is 10.2 Å². The topological polar surface area (TPSA) is 112 Å². The van der Waals surface area contributed by atoms with Crippen molar-refractivity contribution in [1.82, 2.24) is 10.6 Å². The smallest absolute Gasteiger partial charge is 0.323 e. The first-order chi connectivity index (χ1) is 13.1. The molecule has 3 aromatic rings. The minimum atomic E-state index is -0.535. The first kappa shape index (κ1) is 18.5. The monoisotopic (exact) mass is 433 g/mol. The number of amides is 2. The molecule has 0 saturated carbocycles. The van der Waals surface area contributed by atoms with Crippen LogP contribution in [0.25, 0.3) is 0 Å². The molecule has 2 aromatic carbocycles. The van der Waals surface area contributed by atoms with E-state index in [0.29, 0.717) is 11.4 Å². The highest BCUT2D eigenvalue weighted by atomic mass is 79.9. The predicted molar refractivity (Wildman–Crippen MR) is 101 cm³/mol. The number of para-hydroxylation sites is 1. The molecule has 138 valence electrons. The number of carbonyl (C=O) groups is 1. The van der Waals surface area contributed by atoms with Crippen LogP contribution in [0.5, 0.6) is 0 Å². The van der Waals surface area contributed by atoms with Gasteiger partial charge in [-0.25, -0.2) is 14.2 Å². The van der Waals surface area contributed by atoms with Gasteiger partial charge >= 0.3 is 6.03 Å². The van der Waals surface area contributed by atoms with Crippen molar-refractivity contribution < 1.29 is 18.9 Å². The number of carbonyl (C=O) groups excluding carboxylic acids is 1. The van der Waals surface area contributed by atoms with Gasteiger partial charge in [-0.15, -0.1) is 0 Å². The normalized spacial score (nSPS) is 11.1. The Morgan fingerprint density at radius 3 is 2.67 bits per heavy atom. The molecule has 0 aliphatic heterocycles. The molecule has 2 amide bonds. The summed E-state index contributed by atoms with van der Waals surface area (Å²) in [6.07, 6.45) is 1.19. The molecule has 10 heteroatoms. The van der Waals surface area contributed by atoms with E-state index in [1.165, 1.54) is 24.5 Å². The number of hydrogen-bond acceptors (Lipinski definition) is 5. The quantitative estimate of drug-likeness (QED) is 0.278. The second kappa shape index (κ2) is 8.43. The van der Waals surface area contributed by atoms with Crippen LogP contribution in [0.3, 0.4) is 0 Å². The minimum Gasteiger partial charge on any atom is -0.362 e. The van der Waals surface area contributed by atoms with Crippen molar-refractivity contribution in [3.8, 4) is 0 Å². The van der Waals surface area contributed by atoms with Crippen LogP contribution < -0.4 is 16.1 Å². The molecule has 0 aliphatic rings. The molecular formula is C17H13BrFN5O3. The predicted octanol–water partition coefficient (Wildman–Crippen LogP) is 4.28. The maximum absolute atomic E-state index is 13.3. The van der Waals surface area contributed by atoms with Gasteiger partial charge in [0.25, 0.3) is 0 Å². The van der Waals surface area contributed by atoms with E-state index in [1.54, 1.807) is 24.3 Å². The number of aromatic nitrogens is 1. The molecule has 4 N–H and O–H groups in total. The summed E-state index contributed by atoms with van der Waals surface area (Å²) in [6, 6.07) is 12.3. The van der Waals surface area contributed by atoms with Crippen molar-refractivity contribution in [2.24, 2.45) is 4.99 Å². The van der Waals surface area contributed by atoms with Gasteiger partial charge in [-0.1, -0.05) is 23.4 Å². The van der Waals surface area contributed by atoms with E-state index in [-0.39, 0.29) is 21.7 Å². The highest BCUT2D eigenvalue weighted by molar-refractivity contribution is 9.10. The van der Waals surface area contributed by atoms with Gasteiger partial charge in [0.1, 0.15) is 17.8 Å². The SMILES string of the molecule is O=C(Nc1ccccc1)Nc1conc1C(=Nc1ccc(F)c(Br)c1)NO. The zero-order valence-corrected chi connectivity index (χ0v) is 15.2. The lowest BCUT2D eigenvalue weighted by Gasteiger charge is -2.08. The third-order valence-electron chi connectivity index (χ3n) is 3.32. The summed E-state index contributed by atoms with van der Waals surface area (Å²) in [5.74, 6) is -0.550. The number of aliphatic imine (C=N–C) groups is 1. The van der Waals surface area contributed by atoms with Gasteiger partial charge in [-0.3, -0.25) is 10.7 Å². The fraction of sp³-hybridized carbons (Fsp3) is 0. The number of nitrogens with zero attached hydrogens (tertiary/aromatic N) is 2. The number of benzene rings is 2.